The van der Waals surface area contributed by atoms with E-state index in [1.54, 1.807) is 17.5 Å². The maximum atomic E-state index is 5.69. The van der Waals surface area contributed by atoms with E-state index in [0.29, 0.717) is 12.7 Å². The van der Waals surface area contributed by atoms with E-state index in [9.17, 15) is 0 Å². The Hall–Kier alpha value is -2.42. The first-order valence-electron chi connectivity index (χ1n) is 9.84. The van der Waals surface area contributed by atoms with Gasteiger partial charge in [-0.05, 0) is 49.3 Å². The van der Waals surface area contributed by atoms with Gasteiger partial charge in [0.05, 0.1) is 22.9 Å². The van der Waals surface area contributed by atoms with Crippen molar-refractivity contribution < 1.29 is 0 Å². The molecule has 8 heteroatoms. The van der Waals surface area contributed by atoms with Gasteiger partial charge in [0.1, 0.15) is 5.01 Å². The van der Waals surface area contributed by atoms with Crippen molar-refractivity contribution in [2.24, 2.45) is 7.05 Å². The zero-order valence-electron chi connectivity index (χ0n) is 16.2. The Morgan fingerprint density at radius 2 is 2.07 bits per heavy atom. The Morgan fingerprint density at radius 1 is 1.17 bits per heavy atom. The number of piperidine rings is 1. The van der Waals surface area contributed by atoms with Gasteiger partial charge in [-0.3, -0.25) is 9.88 Å². The van der Waals surface area contributed by atoms with E-state index >= 15 is 0 Å². The number of benzene rings is 1. The van der Waals surface area contributed by atoms with Crippen LogP contribution in [0.25, 0.3) is 21.6 Å². The Kier molecular flexibility index (Phi) is 4.99. The predicted molar refractivity (Wildman–Crippen MR) is 118 cm³/mol. The van der Waals surface area contributed by atoms with E-state index in [2.05, 4.69) is 34.1 Å². The third kappa shape index (κ3) is 3.52. The average Bonchev–Trinajstić information content (AvgIpc) is 3.31. The first-order chi connectivity index (χ1) is 14.2. The van der Waals surface area contributed by atoms with Gasteiger partial charge >= 0.3 is 0 Å². The zero-order valence-corrected chi connectivity index (χ0v) is 17.9. The molecule has 0 bridgehead atoms. The van der Waals surface area contributed by atoms with Crippen molar-refractivity contribution in [2.75, 3.05) is 6.54 Å². The zero-order chi connectivity index (χ0) is 19.8. The second-order valence-corrected chi connectivity index (χ2v) is 8.82. The fraction of sp³-hybridized carbons (Fsp3) is 0.333. The second-order valence-electron chi connectivity index (χ2n) is 7.39. The van der Waals surface area contributed by atoms with Gasteiger partial charge in [0.15, 0.2) is 10.6 Å². The predicted octanol–water partition coefficient (Wildman–Crippen LogP) is 4.81. The van der Waals surface area contributed by atoms with Crippen LogP contribution in [-0.2, 0) is 13.7 Å². The molecule has 0 N–H and O–H groups in total. The molecule has 1 unspecified atom stereocenters. The van der Waals surface area contributed by atoms with Crippen LogP contribution in [0, 0.1) is 4.77 Å². The molecule has 0 radical (unpaired) electrons. The Labute approximate surface area is 178 Å². The van der Waals surface area contributed by atoms with E-state index in [0.717, 1.165) is 34.6 Å². The summed E-state index contributed by atoms with van der Waals surface area (Å²) in [5, 5.41) is 6.02. The molecule has 4 aromatic rings. The SMILES string of the molecule is Cn1c(-c2cccnc2)nn(CN2CCCCC2c2nc3ccccc3s2)c1=S. The van der Waals surface area contributed by atoms with Gasteiger partial charge in [0.2, 0.25) is 0 Å². The van der Waals surface area contributed by atoms with Gasteiger partial charge in [-0.25, -0.2) is 9.67 Å². The maximum absolute atomic E-state index is 5.69. The lowest BCUT2D eigenvalue weighted by molar-refractivity contribution is 0.103. The Morgan fingerprint density at radius 3 is 2.90 bits per heavy atom. The molecule has 0 saturated carbocycles. The molecule has 1 atom stereocenters. The van der Waals surface area contributed by atoms with Crippen molar-refractivity contribution in [2.45, 2.75) is 32.0 Å². The van der Waals surface area contributed by atoms with Gasteiger partial charge in [0, 0.05) is 31.5 Å². The quantitative estimate of drug-likeness (QED) is 0.442. The fourth-order valence-electron chi connectivity index (χ4n) is 3.97. The molecule has 0 aliphatic carbocycles. The number of aromatic nitrogens is 5. The molecular formula is C21H22N6S2. The highest BCUT2D eigenvalue weighted by molar-refractivity contribution is 7.71. The van der Waals surface area contributed by atoms with Gasteiger partial charge in [-0.15, -0.1) is 11.3 Å². The van der Waals surface area contributed by atoms with Crippen LogP contribution >= 0.6 is 23.6 Å². The molecule has 5 rings (SSSR count). The van der Waals surface area contributed by atoms with E-state index in [1.165, 1.54) is 22.5 Å². The van der Waals surface area contributed by atoms with Crippen LogP contribution in [0.2, 0.25) is 0 Å². The molecule has 1 aliphatic heterocycles. The molecule has 0 amide bonds. The average molecular weight is 423 g/mol. The summed E-state index contributed by atoms with van der Waals surface area (Å²) in [5.74, 6) is 0.844. The number of hydrogen-bond acceptors (Lipinski definition) is 6. The van der Waals surface area contributed by atoms with Crippen molar-refractivity contribution in [1.82, 2.24) is 29.2 Å². The highest BCUT2D eigenvalue weighted by atomic mass is 32.1. The minimum absolute atomic E-state index is 0.312. The lowest BCUT2D eigenvalue weighted by atomic mass is 10.0. The highest BCUT2D eigenvalue weighted by Crippen LogP contribution is 2.36. The molecule has 6 nitrogen and oxygen atoms in total. The Bertz CT molecular complexity index is 1160. The van der Waals surface area contributed by atoms with E-state index < -0.39 is 0 Å². The lowest BCUT2D eigenvalue weighted by Gasteiger charge is -2.34. The largest absolute Gasteiger partial charge is 0.303 e. The lowest BCUT2D eigenvalue weighted by Crippen LogP contribution is -2.35. The molecule has 148 valence electrons. The first-order valence-corrected chi connectivity index (χ1v) is 11.1. The Balaban J connectivity index is 1.46. The van der Waals surface area contributed by atoms with Crippen LogP contribution in [0.3, 0.4) is 0 Å². The van der Waals surface area contributed by atoms with Gasteiger partial charge in [-0.1, -0.05) is 18.6 Å². The highest BCUT2D eigenvalue weighted by Gasteiger charge is 2.27. The first kappa shape index (κ1) is 18.6. The minimum atomic E-state index is 0.312. The number of para-hydroxylation sites is 1. The summed E-state index contributed by atoms with van der Waals surface area (Å²) in [4.78, 5) is 11.6. The number of hydrogen-bond donors (Lipinski definition) is 0. The van der Waals surface area contributed by atoms with Crippen molar-refractivity contribution in [1.29, 1.82) is 0 Å². The van der Waals surface area contributed by atoms with Gasteiger partial charge in [0.25, 0.3) is 0 Å². The van der Waals surface area contributed by atoms with Crippen LogP contribution in [0.1, 0.15) is 30.3 Å². The molecular weight excluding hydrogens is 400 g/mol. The molecule has 1 saturated heterocycles. The van der Waals surface area contributed by atoms with Crippen LogP contribution in [0.4, 0.5) is 0 Å². The minimum Gasteiger partial charge on any atom is -0.303 e. The molecule has 0 spiro atoms. The fourth-order valence-corrected chi connectivity index (χ4v) is 5.29. The summed E-state index contributed by atoms with van der Waals surface area (Å²) in [6.45, 7) is 1.70. The topological polar surface area (TPSA) is 51.8 Å². The smallest absolute Gasteiger partial charge is 0.199 e. The number of fused-ring (bicyclic) bond motifs is 1. The van der Waals surface area contributed by atoms with Crippen LogP contribution in [0.15, 0.2) is 48.8 Å². The van der Waals surface area contributed by atoms with Crippen molar-refractivity contribution in [3.63, 3.8) is 0 Å². The molecule has 4 heterocycles. The van der Waals surface area contributed by atoms with Crippen LogP contribution in [-0.4, -0.2) is 35.8 Å². The third-order valence-corrected chi connectivity index (χ3v) is 7.11. The summed E-state index contributed by atoms with van der Waals surface area (Å²) in [5.41, 5.74) is 2.06. The third-order valence-electron chi connectivity index (χ3n) is 5.49. The summed E-state index contributed by atoms with van der Waals surface area (Å²) < 4.78 is 5.87. The van der Waals surface area contributed by atoms with Gasteiger partial charge < -0.3 is 4.57 Å². The molecule has 3 aromatic heterocycles. The van der Waals surface area contributed by atoms with Crippen molar-refractivity contribution in [3.8, 4) is 11.4 Å². The standard InChI is InChI=1S/C21H22N6S2/c1-25-19(15-7-6-11-22-13-15)24-27(21(25)28)14-26-12-5-4-9-17(26)20-23-16-8-2-3-10-18(16)29-20/h2-3,6-8,10-11,13,17H,4-5,9,12,14H2,1H3. The normalized spacial score (nSPS) is 17.8. The molecule has 1 fully saturated rings. The number of likely N-dealkylation sites (tertiary alicyclic amines) is 1. The van der Waals surface area contributed by atoms with E-state index in [4.69, 9.17) is 22.3 Å². The van der Waals surface area contributed by atoms with Crippen LogP contribution < -0.4 is 0 Å². The second kappa shape index (κ2) is 7.78. The monoisotopic (exact) mass is 422 g/mol. The molecule has 1 aromatic carbocycles. The van der Waals surface area contributed by atoms with Gasteiger partial charge in [-0.2, -0.15) is 5.10 Å². The van der Waals surface area contributed by atoms with E-state index in [1.807, 2.05) is 34.6 Å². The number of thiazole rings is 1. The van der Waals surface area contributed by atoms with Crippen molar-refractivity contribution >= 4 is 33.8 Å². The summed E-state index contributed by atoms with van der Waals surface area (Å²) >= 11 is 7.50. The molecule has 1 aliphatic rings. The maximum Gasteiger partial charge on any atom is 0.199 e. The molecule has 29 heavy (non-hydrogen) atoms. The van der Waals surface area contributed by atoms with Crippen LogP contribution in [0.5, 0.6) is 0 Å². The summed E-state index contributed by atoms with van der Waals surface area (Å²) in [7, 11) is 1.97. The number of nitrogens with zero attached hydrogens (tertiary/aromatic N) is 6. The number of pyridine rings is 1. The van der Waals surface area contributed by atoms with Crippen molar-refractivity contribution in [3.05, 3.63) is 58.6 Å². The van der Waals surface area contributed by atoms with E-state index in [-0.39, 0.29) is 0 Å². The number of rotatable bonds is 4. The summed E-state index contributed by atoms with van der Waals surface area (Å²) in [6.07, 6.45) is 7.13. The summed E-state index contributed by atoms with van der Waals surface area (Å²) in [6, 6.07) is 12.6.